The zero-order chi connectivity index (χ0) is 17.2. The lowest BCUT2D eigenvalue weighted by Crippen LogP contribution is -2.52. The summed E-state index contributed by atoms with van der Waals surface area (Å²) in [7, 11) is 1.38. The molecule has 0 bridgehead atoms. The van der Waals surface area contributed by atoms with Crippen LogP contribution in [0.5, 0.6) is 0 Å². The normalized spacial score (nSPS) is 22.2. The third-order valence-electron chi connectivity index (χ3n) is 5.31. The molecular weight excluding hydrogens is 304 g/mol. The molecule has 5 heteroatoms. The highest BCUT2D eigenvalue weighted by Crippen LogP contribution is 2.47. The summed E-state index contributed by atoms with van der Waals surface area (Å²) < 4.78 is 4.92. The van der Waals surface area contributed by atoms with E-state index in [0.717, 1.165) is 37.0 Å². The van der Waals surface area contributed by atoms with Gasteiger partial charge in [0, 0.05) is 24.2 Å². The fraction of sp³-hybridized carbons (Fsp3) is 0.526. The highest BCUT2D eigenvalue weighted by molar-refractivity contribution is 6.27. The number of hydrogen-bond acceptors (Lipinski definition) is 5. The lowest BCUT2D eigenvalue weighted by atomic mass is 9.58. The van der Waals surface area contributed by atoms with Gasteiger partial charge < -0.3 is 10.5 Å². The van der Waals surface area contributed by atoms with E-state index >= 15 is 0 Å². The Morgan fingerprint density at radius 2 is 1.92 bits per heavy atom. The van der Waals surface area contributed by atoms with Crippen molar-refractivity contribution in [3.05, 3.63) is 29.8 Å². The van der Waals surface area contributed by atoms with Crippen LogP contribution < -0.4 is 5.73 Å². The monoisotopic (exact) mass is 328 g/mol. The minimum absolute atomic E-state index is 0.289. The maximum absolute atomic E-state index is 12.2. The van der Waals surface area contributed by atoms with Crippen molar-refractivity contribution in [1.29, 1.82) is 0 Å². The number of nitrogens with zero attached hydrogens (tertiary/aromatic N) is 1. The second kappa shape index (κ2) is 6.75. The first kappa shape index (κ1) is 16.7. The second-order valence-electron chi connectivity index (χ2n) is 6.80. The van der Waals surface area contributed by atoms with Crippen molar-refractivity contribution in [2.75, 3.05) is 12.8 Å². The van der Waals surface area contributed by atoms with E-state index in [1.165, 1.54) is 13.5 Å². The minimum atomic E-state index is -0.597. The van der Waals surface area contributed by atoms with Crippen LogP contribution in [0, 0.1) is 5.41 Å². The number of Topliss-reactive ketones (excluding diaryl/α,β-unsaturated/α-hetero) is 1. The molecule has 0 aliphatic heterocycles. The van der Waals surface area contributed by atoms with E-state index in [2.05, 4.69) is 4.99 Å². The molecule has 1 aromatic carbocycles. The number of ketones is 1. The molecule has 2 fully saturated rings. The summed E-state index contributed by atoms with van der Waals surface area (Å²) in [6.45, 7) is 0. The van der Waals surface area contributed by atoms with Gasteiger partial charge in [-0.3, -0.25) is 9.79 Å². The third kappa shape index (κ3) is 3.07. The number of carbonyl (C=O) groups excluding carboxylic acids is 2. The lowest BCUT2D eigenvalue weighted by molar-refractivity contribution is -0.142. The molecule has 0 radical (unpaired) electrons. The lowest BCUT2D eigenvalue weighted by Gasteiger charge is -2.44. The number of hydrogen-bond donors (Lipinski definition) is 1. The van der Waals surface area contributed by atoms with Crippen LogP contribution in [0.2, 0.25) is 0 Å². The van der Waals surface area contributed by atoms with Crippen molar-refractivity contribution in [2.24, 2.45) is 10.4 Å². The molecule has 0 aromatic heterocycles. The van der Waals surface area contributed by atoms with Gasteiger partial charge in [-0.2, -0.15) is 0 Å². The van der Waals surface area contributed by atoms with E-state index in [-0.39, 0.29) is 17.2 Å². The molecule has 0 saturated heterocycles. The molecular formula is C19H24N2O3. The number of nitrogen functional groups attached to an aromatic ring is 1. The summed E-state index contributed by atoms with van der Waals surface area (Å²) in [5.41, 5.74) is 7.89. The van der Waals surface area contributed by atoms with Crippen molar-refractivity contribution in [1.82, 2.24) is 0 Å². The maximum atomic E-state index is 12.2. The van der Waals surface area contributed by atoms with Gasteiger partial charge in [-0.05, 0) is 30.5 Å². The van der Waals surface area contributed by atoms with Crippen LogP contribution in [0.4, 0.5) is 5.69 Å². The number of nitrogens with two attached hydrogens (primary N) is 1. The average Bonchev–Trinajstić information content (AvgIpc) is 2.62. The number of ether oxygens (including phenoxy) is 1. The molecule has 0 heterocycles. The molecule has 1 atom stereocenters. The highest BCUT2D eigenvalue weighted by Gasteiger charge is 2.52. The molecule has 128 valence electrons. The van der Waals surface area contributed by atoms with Gasteiger partial charge in [0.05, 0.1) is 12.5 Å². The van der Waals surface area contributed by atoms with E-state index in [1.54, 1.807) is 0 Å². The van der Waals surface area contributed by atoms with E-state index in [1.807, 2.05) is 24.3 Å². The highest BCUT2D eigenvalue weighted by atomic mass is 16.5. The van der Waals surface area contributed by atoms with Gasteiger partial charge in [-0.15, -0.1) is 0 Å². The summed E-state index contributed by atoms with van der Waals surface area (Å²) in [5.74, 6) is -0.0679. The molecule has 2 saturated carbocycles. The molecule has 2 aliphatic carbocycles. The van der Waals surface area contributed by atoms with Crippen LogP contribution >= 0.6 is 0 Å². The average molecular weight is 328 g/mol. The first-order chi connectivity index (χ1) is 11.5. The molecule has 24 heavy (non-hydrogen) atoms. The minimum Gasteiger partial charge on any atom is -0.467 e. The molecule has 2 N–H and O–H groups in total. The Kier molecular flexibility index (Phi) is 4.69. The summed E-state index contributed by atoms with van der Waals surface area (Å²) in [4.78, 5) is 29.1. The van der Waals surface area contributed by atoms with Gasteiger partial charge in [0.1, 0.15) is 5.78 Å². The fourth-order valence-corrected chi connectivity index (χ4v) is 3.82. The van der Waals surface area contributed by atoms with Crippen LogP contribution in [-0.4, -0.2) is 30.6 Å². The van der Waals surface area contributed by atoms with Gasteiger partial charge in [-0.25, -0.2) is 4.79 Å². The van der Waals surface area contributed by atoms with Gasteiger partial charge in [-0.1, -0.05) is 31.4 Å². The number of esters is 1. The number of aliphatic imine (C=N–C) groups is 1. The Morgan fingerprint density at radius 1 is 1.25 bits per heavy atom. The van der Waals surface area contributed by atoms with Gasteiger partial charge in [0.2, 0.25) is 0 Å². The van der Waals surface area contributed by atoms with Crippen molar-refractivity contribution in [3.63, 3.8) is 0 Å². The predicted octanol–water partition coefficient (Wildman–Crippen LogP) is 2.72. The first-order valence-electron chi connectivity index (χ1n) is 8.58. The molecule has 1 spiro atoms. The maximum Gasteiger partial charge on any atom is 0.330 e. The summed E-state index contributed by atoms with van der Waals surface area (Å²) in [6.07, 6.45) is 5.89. The standard InChI is InChI=1S/C19H24N2O3/c1-24-18(23)15(11-13-5-7-14(20)8-6-13)21-16-12-17(22)19(16)9-3-2-4-10-19/h5-8,15H,2-4,9-12,20H2,1H3/t15-/m0/s1. The number of rotatable bonds is 4. The quantitative estimate of drug-likeness (QED) is 0.680. The Bertz CT molecular complexity index is 658. The molecule has 1 aromatic rings. The van der Waals surface area contributed by atoms with Crippen LogP contribution in [0.1, 0.15) is 44.1 Å². The Labute approximate surface area is 142 Å². The molecule has 0 unspecified atom stereocenters. The largest absolute Gasteiger partial charge is 0.467 e. The van der Waals surface area contributed by atoms with E-state index in [4.69, 9.17) is 10.5 Å². The van der Waals surface area contributed by atoms with Crippen molar-refractivity contribution >= 4 is 23.2 Å². The number of benzene rings is 1. The molecule has 5 nitrogen and oxygen atoms in total. The fourth-order valence-electron chi connectivity index (χ4n) is 3.82. The van der Waals surface area contributed by atoms with Crippen LogP contribution in [0.25, 0.3) is 0 Å². The number of methoxy groups -OCH3 is 1. The Balaban J connectivity index is 1.82. The predicted molar refractivity (Wildman–Crippen MR) is 92.9 cm³/mol. The smallest absolute Gasteiger partial charge is 0.330 e. The zero-order valence-electron chi connectivity index (χ0n) is 14.1. The number of anilines is 1. The van der Waals surface area contributed by atoms with Gasteiger partial charge in [0.15, 0.2) is 6.04 Å². The SMILES string of the molecule is COC(=O)[C@H](Cc1ccc(N)cc1)N=C1CC(=O)C12CCCCC2. The van der Waals surface area contributed by atoms with Gasteiger partial charge >= 0.3 is 5.97 Å². The van der Waals surface area contributed by atoms with Gasteiger partial charge in [0.25, 0.3) is 0 Å². The van der Waals surface area contributed by atoms with Crippen LogP contribution in [-0.2, 0) is 20.7 Å². The zero-order valence-corrected chi connectivity index (χ0v) is 14.1. The molecule has 2 aliphatic rings. The van der Waals surface area contributed by atoms with Crippen LogP contribution in [0.15, 0.2) is 29.3 Å². The van der Waals surface area contributed by atoms with E-state index in [0.29, 0.717) is 18.5 Å². The summed E-state index contributed by atoms with van der Waals surface area (Å²) in [5, 5.41) is 0. The van der Waals surface area contributed by atoms with E-state index < -0.39 is 6.04 Å². The third-order valence-corrected chi connectivity index (χ3v) is 5.31. The van der Waals surface area contributed by atoms with E-state index in [9.17, 15) is 9.59 Å². The van der Waals surface area contributed by atoms with Crippen molar-refractivity contribution < 1.29 is 14.3 Å². The summed E-state index contributed by atoms with van der Waals surface area (Å²) >= 11 is 0. The Hall–Kier alpha value is -2.17. The van der Waals surface area contributed by atoms with Crippen molar-refractivity contribution in [2.45, 2.75) is 51.0 Å². The molecule has 3 rings (SSSR count). The first-order valence-corrected chi connectivity index (χ1v) is 8.58. The topological polar surface area (TPSA) is 81.8 Å². The van der Waals surface area contributed by atoms with Crippen molar-refractivity contribution in [3.8, 4) is 0 Å². The second-order valence-corrected chi connectivity index (χ2v) is 6.80. The molecule has 0 amide bonds. The van der Waals surface area contributed by atoms with Crippen LogP contribution in [0.3, 0.4) is 0 Å². The summed E-state index contributed by atoms with van der Waals surface area (Å²) in [6, 6.07) is 6.82. The Morgan fingerprint density at radius 3 is 2.50 bits per heavy atom. The number of carbonyl (C=O) groups is 2.